The number of hydrogen-bond acceptors (Lipinski definition) is 3. The van der Waals surface area contributed by atoms with Crippen LogP contribution in [0.4, 0.5) is 0 Å². The summed E-state index contributed by atoms with van der Waals surface area (Å²) in [7, 11) is 0. The maximum Gasteiger partial charge on any atom is 0.261 e. The summed E-state index contributed by atoms with van der Waals surface area (Å²) in [5.41, 5.74) is 6.58. The van der Waals surface area contributed by atoms with E-state index in [1.54, 1.807) is 12.1 Å². The van der Waals surface area contributed by atoms with Crippen molar-refractivity contribution in [3.8, 4) is 0 Å². The molecule has 0 radical (unpaired) electrons. The Kier molecular flexibility index (Phi) is 7.96. The van der Waals surface area contributed by atoms with Gasteiger partial charge in [-0.15, -0.1) is 0 Å². The molecule has 1 aliphatic heterocycles. The smallest absolute Gasteiger partial charge is 0.261 e. The lowest BCUT2D eigenvalue weighted by Gasteiger charge is -2.13. The lowest BCUT2D eigenvalue weighted by molar-refractivity contribution is 0.0651. The van der Waals surface area contributed by atoms with Crippen molar-refractivity contribution in [3.05, 3.63) is 35.4 Å². The standard InChI is InChI=1S/C20H30N2O2/c21-15-11-7-5-3-1-2-4-6-8-12-16-22-19(23)17-13-9-10-14-18(17)20(22)24/h9-10,13-14H,1-8,11-12,15-16,21H2. The summed E-state index contributed by atoms with van der Waals surface area (Å²) in [6.45, 7) is 1.36. The van der Waals surface area contributed by atoms with E-state index in [1.165, 1.54) is 49.8 Å². The van der Waals surface area contributed by atoms with E-state index in [-0.39, 0.29) is 11.8 Å². The highest BCUT2D eigenvalue weighted by Gasteiger charge is 2.34. The third kappa shape index (κ3) is 5.17. The Labute approximate surface area is 145 Å². The van der Waals surface area contributed by atoms with Gasteiger partial charge in [0.05, 0.1) is 11.1 Å². The summed E-state index contributed by atoms with van der Waals surface area (Å²) < 4.78 is 0. The van der Waals surface area contributed by atoms with E-state index < -0.39 is 0 Å². The maximum atomic E-state index is 12.2. The highest BCUT2D eigenvalue weighted by molar-refractivity contribution is 6.21. The van der Waals surface area contributed by atoms with Gasteiger partial charge in [-0.25, -0.2) is 0 Å². The lowest BCUT2D eigenvalue weighted by atomic mass is 10.1. The van der Waals surface area contributed by atoms with Crippen LogP contribution < -0.4 is 5.73 Å². The van der Waals surface area contributed by atoms with Crippen LogP contribution in [0.5, 0.6) is 0 Å². The van der Waals surface area contributed by atoms with Crippen molar-refractivity contribution in [1.82, 2.24) is 4.90 Å². The number of imide groups is 1. The normalized spacial score (nSPS) is 13.6. The zero-order chi connectivity index (χ0) is 17.2. The molecule has 0 unspecified atom stereocenters. The van der Waals surface area contributed by atoms with Gasteiger partial charge < -0.3 is 5.73 Å². The van der Waals surface area contributed by atoms with Gasteiger partial charge >= 0.3 is 0 Å². The molecule has 4 heteroatoms. The third-order valence-electron chi connectivity index (χ3n) is 4.71. The van der Waals surface area contributed by atoms with Crippen molar-refractivity contribution in [1.29, 1.82) is 0 Å². The number of benzene rings is 1. The number of unbranched alkanes of at least 4 members (excludes halogenated alkanes) is 9. The molecule has 2 N–H and O–H groups in total. The van der Waals surface area contributed by atoms with Crippen molar-refractivity contribution in [3.63, 3.8) is 0 Å². The fourth-order valence-electron chi connectivity index (χ4n) is 3.27. The van der Waals surface area contributed by atoms with Crippen LogP contribution in [0, 0.1) is 0 Å². The molecule has 0 fully saturated rings. The van der Waals surface area contributed by atoms with Crippen LogP contribution in [-0.4, -0.2) is 29.8 Å². The molecule has 0 saturated heterocycles. The molecule has 24 heavy (non-hydrogen) atoms. The molecule has 0 saturated carbocycles. The number of rotatable bonds is 12. The van der Waals surface area contributed by atoms with Crippen molar-refractivity contribution in [2.45, 2.75) is 64.2 Å². The average molecular weight is 330 g/mol. The van der Waals surface area contributed by atoms with Crippen molar-refractivity contribution < 1.29 is 9.59 Å². The first-order valence-corrected chi connectivity index (χ1v) is 9.41. The second kappa shape index (κ2) is 10.2. The van der Waals surface area contributed by atoms with E-state index in [0.717, 1.165) is 25.8 Å². The Hall–Kier alpha value is -1.68. The van der Waals surface area contributed by atoms with Crippen molar-refractivity contribution >= 4 is 11.8 Å². The van der Waals surface area contributed by atoms with Gasteiger partial charge in [-0.3, -0.25) is 14.5 Å². The highest BCUT2D eigenvalue weighted by Crippen LogP contribution is 2.23. The van der Waals surface area contributed by atoms with Gasteiger partial charge in [-0.05, 0) is 31.5 Å². The van der Waals surface area contributed by atoms with Gasteiger partial charge in [-0.1, -0.05) is 63.5 Å². The van der Waals surface area contributed by atoms with Crippen LogP contribution in [0.25, 0.3) is 0 Å². The monoisotopic (exact) mass is 330 g/mol. The summed E-state index contributed by atoms with van der Waals surface area (Å²) in [5, 5.41) is 0. The molecule has 4 nitrogen and oxygen atoms in total. The molecule has 0 spiro atoms. The Morgan fingerprint density at radius 1 is 0.667 bits per heavy atom. The zero-order valence-corrected chi connectivity index (χ0v) is 14.6. The van der Waals surface area contributed by atoms with Gasteiger partial charge in [-0.2, -0.15) is 0 Å². The van der Waals surface area contributed by atoms with Crippen LogP contribution >= 0.6 is 0 Å². The number of carbonyl (C=O) groups is 2. The van der Waals surface area contributed by atoms with Crippen LogP contribution in [-0.2, 0) is 0 Å². The third-order valence-corrected chi connectivity index (χ3v) is 4.71. The molecular weight excluding hydrogens is 300 g/mol. The van der Waals surface area contributed by atoms with Crippen LogP contribution in [0.15, 0.2) is 24.3 Å². The van der Waals surface area contributed by atoms with E-state index in [1.807, 2.05) is 12.1 Å². The second-order valence-corrected chi connectivity index (χ2v) is 6.63. The lowest BCUT2D eigenvalue weighted by Crippen LogP contribution is -2.30. The SMILES string of the molecule is NCCCCCCCCCCCCN1C(=O)c2ccccc2C1=O. The summed E-state index contributed by atoms with van der Waals surface area (Å²) in [6, 6.07) is 7.10. The van der Waals surface area contributed by atoms with Crippen LogP contribution in [0.3, 0.4) is 0 Å². The maximum absolute atomic E-state index is 12.2. The largest absolute Gasteiger partial charge is 0.330 e. The first-order valence-electron chi connectivity index (χ1n) is 9.41. The summed E-state index contributed by atoms with van der Waals surface area (Å²) in [6.07, 6.45) is 12.0. The summed E-state index contributed by atoms with van der Waals surface area (Å²) in [5.74, 6) is -0.263. The minimum Gasteiger partial charge on any atom is -0.330 e. The molecule has 132 valence electrons. The fraction of sp³-hybridized carbons (Fsp3) is 0.600. The van der Waals surface area contributed by atoms with Gasteiger partial charge in [0.1, 0.15) is 0 Å². The molecular formula is C20H30N2O2. The van der Waals surface area contributed by atoms with Gasteiger partial charge in [0.2, 0.25) is 0 Å². The van der Waals surface area contributed by atoms with Crippen molar-refractivity contribution in [2.24, 2.45) is 5.73 Å². The molecule has 1 heterocycles. The molecule has 2 amide bonds. The molecule has 0 aromatic heterocycles. The number of amides is 2. The van der Waals surface area contributed by atoms with Crippen LogP contribution in [0.2, 0.25) is 0 Å². The molecule has 0 aliphatic carbocycles. The number of nitrogens with zero attached hydrogens (tertiary/aromatic N) is 1. The van der Waals surface area contributed by atoms with E-state index in [9.17, 15) is 9.59 Å². The molecule has 0 bridgehead atoms. The molecule has 1 aromatic carbocycles. The van der Waals surface area contributed by atoms with Crippen molar-refractivity contribution in [2.75, 3.05) is 13.1 Å². The molecule has 1 aromatic rings. The minimum absolute atomic E-state index is 0.131. The first-order chi connectivity index (χ1) is 11.8. The molecule has 1 aliphatic rings. The predicted molar refractivity (Wildman–Crippen MR) is 97.0 cm³/mol. The minimum atomic E-state index is -0.131. The topological polar surface area (TPSA) is 63.4 Å². The Balaban J connectivity index is 1.53. The van der Waals surface area contributed by atoms with Gasteiger partial charge in [0.25, 0.3) is 11.8 Å². The second-order valence-electron chi connectivity index (χ2n) is 6.63. The molecule has 2 rings (SSSR count). The van der Waals surface area contributed by atoms with E-state index >= 15 is 0 Å². The quantitative estimate of drug-likeness (QED) is 0.463. The number of hydrogen-bond donors (Lipinski definition) is 1. The Bertz CT molecular complexity index is 507. The van der Waals surface area contributed by atoms with E-state index in [2.05, 4.69) is 0 Å². The summed E-state index contributed by atoms with van der Waals surface area (Å²) >= 11 is 0. The Morgan fingerprint density at radius 2 is 1.08 bits per heavy atom. The fourth-order valence-corrected chi connectivity index (χ4v) is 3.27. The predicted octanol–water partition coefficient (Wildman–Crippen LogP) is 4.14. The Morgan fingerprint density at radius 3 is 1.54 bits per heavy atom. The molecule has 0 atom stereocenters. The number of fused-ring (bicyclic) bond motifs is 1. The first kappa shape index (κ1) is 18.7. The van der Waals surface area contributed by atoms with Crippen LogP contribution in [0.1, 0.15) is 84.9 Å². The van der Waals surface area contributed by atoms with E-state index in [4.69, 9.17) is 5.73 Å². The summed E-state index contributed by atoms with van der Waals surface area (Å²) in [4.78, 5) is 25.8. The number of carbonyl (C=O) groups excluding carboxylic acids is 2. The van der Waals surface area contributed by atoms with E-state index in [0.29, 0.717) is 17.7 Å². The zero-order valence-electron chi connectivity index (χ0n) is 14.6. The average Bonchev–Trinajstić information content (AvgIpc) is 2.84. The number of nitrogens with two attached hydrogens (primary N) is 1. The van der Waals surface area contributed by atoms with Gasteiger partial charge in [0, 0.05) is 6.54 Å². The highest BCUT2D eigenvalue weighted by atomic mass is 16.2. The van der Waals surface area contributed by atoms with Gasteiger partial charge in [0.15, 0.2) is 0 Å².